The second-order valence-corrected chi connectivity index (χ2v) is 14.9. The van der Waals surface area contributed by atoms with Gasteiger partial charge < -0.3 is 19.9 Å². The topological polar surface area (TPSA) is 71.0 Å². The van der Waals surface area contributed by atoms with Gasteiger partial charge in [0.05, 0.1) is 18.8 Å². The lowest BCUT2D eigenvalue weighted by Crippen LogP contribution is -2.42. The Balaban J connectivity index is 1.38. The summed E-state index contributed by atoms with van der Waals surface area (Å²) in [6.45, 7) is 9.13. The zero-order chi connectivity index (χ0) is 28.0. The molecule has 1 aliphatic carbocycles. The van der Waals surface area contributed by atoms with Crippen LogP contribution in [-0.4, -0.2) is 44.9 Å². The molecule has 3 aliphatic rings. The van der Waals surface area contributed by atoms with Crippen molar-refractivity contribution in [1.29, 1.82) is 0 Å². The van der Waals surface area contributed by atoms with Crippen LogP contribution in [0.15, 0.2) is 48.5 Å². The lowest BCUT2D eigenvalue weighted by Gasteiger charge is -2.41. The van der Waals surface area contributed by atoms with Crippen molar-refractivity contribution in [2.45, 2.75) is 81.4 Å². The van der Waals surface area contributed by atoms with Crippen molar-refractivity contribution in [3.63, 3.8) is 0 Å². The van der Waals surface area contributed by atoms with Gasteiger partial charge in [0.25, 0.3) is 9.70 Å². The minimum Gasteiger partial charge on any atom is -0.392 e. The number of rotatable bonds is 6. The number of anilines is 1. The van der Waals surface area contributed by atoms with Crippen LogP contribution < -0.4 is 5.32 Å². The molecule has 39 heavy (non-hydrogen) atoms. The van der Waals surface area contributed by atoms with Gasteiger partial charge in [0, 0.05) is 36.8 Å². The van der Waals surface area contributed by atoms with E-state index in [-0.39, 0.29) is 18.8 Å². The quantitative estimate of drug-likeness (QED) is 0.354. The van der Waals surface area contributed by atoms with Gasteiger partial charge in [-0.15, -0.1) is 0 Å². The summed E-state index contributed by atoms with van der Waals surface area (Å²) in [4.78, 5) is 14.9. The Morgan fingerprint density at radius 2 is 1.82 bits per heavy atom. The molecular formula is C30H37Cl3N2O4. The minimum atomic E-state index is -2.07. The number of nitrogens with one attached hydrogen (secondary N) is 1. The molecule has 0 spiro atoms. The Hall–Kier alpha value is -1.38. The van der Waals surface area contributed by atoms with Gasteiger partial charge in [0.15, 0.2) is 6.29 Å². The third-order valence-electron chi connectivity index (χ3n) is 8.25. The van der Waals surface area contributed by atoms with Gasteiger partial charge in [-0.3, -0.25) is 9.69 Å². The standard InChI is InChI=1S/C30H37Cl3N2O4/c1-28(2)13-23-14-29(3,17-28)18-35(23)15-24-12-25(20-9-7-19(16-36)8-10-20)39-26(38-24)21-5-4-6-22(11-21)34-27(37)30(31,32)33/h4-11,23-26,36H,12-18H2,1-3H3,(H,34,37). The van der Waals surface area contributed by atoms with Gasteiger partial charge in [-0.25, -0.2) is 0 Å². The number of aliphatic hydroxyl groups is 1. The SMILES string of the molecule is CC1(C)CC2CC(C)(CN2CC2CC(c3ccc(CO)cc3)OC(c3cccc(NC(=O)C(Cl)(Cl)Cl)c3)O2)C1. The van der Waals surface area contributed by atoms with E-state index in [1.807, 2.05) is 36.4 Å². The number of fused-ring (bicyclic) bond motifs is 2. The van der Waals surface area contributed by atoms with E-state index in [1.54, 1.807) is 12.1 Å². The highest BCUT2D eigenvalue weighted by atomic mass is 35.6. The molecular weight excluding hydrogens is 559 g/mol. The van der Waals surface area contributed by atoms with Crippen molar-refractivity contribution in [1.82, 2.24) is 4.90 Å². The molecule has 2 heterocycles. The molecule has 2 N–H and O–H groups in total. The van der Waals surface area contributed by atoms with E-state index in [0.717, 1.165) is 36.2 Å². The molecule has 2 aromatic rings. The second-order valence-electron chi connectivity index (χ2n) is 12.6. The third-order valence-corrected chi connectivity index (χ3v) is 8.77. The molecule has 2 aliphatic heterocycles. The van der Waals surface area contributed by atoms with Crippen LogP contribution in [0.2, 0.25) is 0 Å². The molecule has 1 saturated carbocycles. The van der Waals surface area contributed by atoms with Crippen molar-refractivity contribution >= 4 is 46.4 Å². The summed E-state index contributed by atoms with van der Waals surface area (Å²) >= 11 is 17.2. The number of likely N-dealkylation sites (tertiary alicyclic amines) is 1. The Bertz CT molecular complexity index is 1190. The number of alkyl halides is 3. The molecule has 5 unspecified atom stereocenters. The lowest BCUT2D eigenvalue weighted by molar-refractivity contribution is -0.253. The van der Waals surface area contributed by atoms with Crippen LogP contribution in [-0.2, 0) is 20.9 Å². The van der Waals surface area contributed by atoms with E-state index in [1.165, 1.54) is 19.3 Å². The number of aliphatic hydroxyl groups excluding tert-OH is 1. The molecule has 6 nitrogen and oxygen atoms in total. The van der Waals surface area contributed by atoms with Crippen LogP contribution in [0.5, 0.6) is 0 Å². The summed E-state index contributed by atoms with van der Waals surface area (Å²) < 4.78 is 11.0. The number of ether oxygens (including phenoxy) is 2. The van der Waals surface area contributed by atoms with Gasteiger partial charge in [-0.1, -0.05) is 92.0 Å². The summed E-state index contributed by atoms with van der Waals surface area (Å²) in [6, 6.07) is 15.7. The molecule has 9 heteroatoms. The summed E-state index contributed by atoms with van der Waals surface area (Å²) in [5, 5.41) is 12.1. The predicted octanol–water partition coefficient (Wildman–Crippen LogP) is 6.93. The zero-order valence-corrected chi connectivity index (χ0v) is 24.9. The normalized spacial score (nSPS) is 30.7. The predicted molar refractivity (Wildman–Crippen MR) is 155 cm³/mol. The second kappa shape index (κ2) is 11.1. The van der Waals surface area contributed by atoms with Crippen molar-refractivity contribution < 1.29 is 19.4 Å². The molecule has 1 amide bonds. The molecule has 0 radical (unpaired) electrons. The maximum atomic E-state index is 12.2. The van der Waals surface area contributed by atoms with Gasteiger partial charge in [-0.05, 0) is 53.4 Å². The fraction of sp³-hybridized carbons (Fsp3) is 0.567. The average molecular weight is 596 g/mol. The fourth-order valence-corrected chi connectivity index (χ4v) is 7.19. The number of carbonyl (C=O) groups is 1. The van der Waals surface area contributed by atoms with E-state index in [4.69, 9.17) is 44.3 Å². The lowest BCUT2D eigenvalue weighted by atomic mass is 9.65. The molecule has 212 valence electrons. The molecule has 2 saturated heterocycles. The molecule has 5 atom stereocenters. The first-order chi connectivity index (χ1) is 18.3. The Morgan fingerprint density at radius 1 is 1.08 bits per heavy atom. The van der Waals surface area contributed by atoms with Crippen molar-refractivity contribution in [2.75, 3.05) is 18.4 Å². The first-order valence-electron chi connectivity index (χ1n) is 13.6. The van der Waals surface area contributed by atoms with Crippen LogP contribution in [0.3, 0.4) is 0 Å². The van der Waals surface area contributed by atoms with Crippen LogP contribution in [0.25, 0.3) is 0 Å². The number of carbonyl (C=O) groups excluding carboxylic acids is 1. The van der Waals surface area contributed by atoms with E-state index in [2.05, 4.69) is 31.0 Å². The van der Waals surface area contributed by atoms with Crippen LogP contribution in [0.1, 0.15) is 75.5 Å². The van der Waals surface area contributed by atoms with Crippen LogP contribution >= 0.6 is 34.8 Å². The summed E-state index contributed by atoms with van der Waals surface area (Å²) in [5.74, 6) is -0.730. The number of halogens is 3. The summed E-state index contributed by atoms with van der Waals surface area (Å²) in [5.41, 5.74) is 3.85. The molecule has 0 aromatic heterocycles. The highest BCUT2D eigenvalue weighted by molar-refractivity contribution is 6.76. The first kappa shape index (κ1) is 29.1. The average Bonchev–Trinajstić information content (AvgIpc) is 3.10. The van der Waals surface area contributed by atoms with Gasteiger partial charge in [-0.2, -0.15) is 0 Å². The fourth-order valence-electron chi connectivity index (χ4n) is 7.05. The van der Waals surface area contributed by atoms with E-state index in [9.17, 15) is 9.90 Å². The zero-order valence-electron chi connectivity index (χ0n) is 22.6. The van der Waals surface area contributed by atoms with Gasteiger partial charge in [0.2, 0.25) is 0 Å². The smallest absolute Gasteiger partial charge is 0.276 e. The van der Waals surface area contributed by atoms with Gasteiger partial charge >= 0.3 is 0 Å². The van der Waals surface area contributed by atoms with Crippen molar-refractivity contribution in [2.24, 2.45) is 10.8 Å². The van der Waals surface area contributed by atoms with E-state index < -0.39 is 16.0 Å². The van der Waals surface area contributed by atoms with E-state index in [0.29, 0.717) is 22.6 Å². The number of hydrogen-bond acceptors (Lipinski definition) is 5. The number of benzene rings is 2. The molecule has 5 rings (SSSR count). The summed E-state index contributed by atoms with van der Waals surface area (Å²) in [7, 11) is 0. The highest BCUT2D eigenvalue weighted by Crippen LogP contribution is 2.53. The van der Waals surface area contributed by atoms with Gasteiger partial charge in [0.1, 0.15) is 0 Å². The molecule has 2 bridgehead atoms. The number of amides is 1. The highest BCUT2D eigenvalue weighted by Gasteiger charge is 2.50. The number of hydrogen-bond donors (Lipinski definition) is 2. The largest absolute Gasteiger partial charge is 0.392 e. The molecule has 2 aromatic carbocycles. The maximum absolute atomic E-state index is 12.2. The van der Waals surface area contributed by atoms with Crippen molar-refractivity contribution in [3.8, 4) is 0 Å². The Kier molecular flexibility index (Phi) is 8.31. The minimum absolute atomic E-state index is 0.00165. The monoisotopic (exact) mass is 594 g/mol. The van der Waals surface area contributed by atoms with E-state index >= 15 is 0 Å². The van der Waals surface area contributed by atoms with Crippen LogP contribution in [0.4, 0.5) is 5.69 Å². The Labute approximate surface area is 245 Å². The Morgan fingerprint density at radius 3 is 2.51 bits per heavy atom. The molecule has 3 fully saturated rings. The maximum Gasteiger partial charge on any atom is 0.276 e. The third kappa shape index (κ3) is 6.92. The first-order valence-corrected chi connectivity index (χ1v) is 14.7. The van der Waals surface area contributed by atoms with Crippen molar-refractivity contribution in [3.05, 3.63) is 65.2 Å². The van der Waals surface area contributed by atoms with Crippen LogP contribution in [0, 0.1) is 10.8 Å². The number of nitrogens with zero attached hydrogens (tertiary/aromatic N) is 1. The summed E-state index contributed by atoms with van der Waals surface area (Å²) in [6.07, 6.45) is 3.54.